The molecule has 1 unspecified atom stereocenters. The predicted molar refractivity (Wildman–Crippen MR) is 109 cm³/mol. The lowest BCUT2D eigenvalue weighted by molar-refractivity contribution is 0.108. The zero-order valence-corrected chi connectivity index (χ0v) is 16.1. The molecule has 1 atom stereocenters. The summed E-state index contributed by atoms with van der Waals surface area (Å²) >= 11 is 0. The molecule has 2 aliphatic heterocycles. The molecule has 4 heterocycles. The van der Waals surface area contributed by atoms with Crippen LogP contribution in [0.15, 0.2) is 41.2 Å². The van der Waals surface area contributed by atoms with Gasteiger partial charge in [-0.15, -0.1) is 0 Å². The summed E-state index contributed by atoms with van der Waals surface area (Å²) < 4.78 is 7.11. The molecule has 0 aliphatic carbocycles. The molecule has 6 nitrogen and oxygen atoms in total. The summed E-state index contributed by atoms with van der Waals surface area (Å²) in [5.41, 5.74) is 5.15. The molecule has 3 aromatic rings. The number of para-hydroxylation sites is 1. The summed E-state index contributed by atoms with van der Waals surface area (Å²) in [5.74, 6) is 0. The second kappa shape index (κ2) is 7.02. The highest BCUT2D eigenvalue weighted by Crippen LogP contribution is 2.32. The second-order valence-electron chi connectivity index (χ2n) is 7.73. The minimum absolute atomic E-state index is 0.0353. The molecule has 1 aromatic carbocycles. The Labute approximate surface area is 163 Å². The van der Waals surface area contributed by atoms with Gasteiger partial charge in [-0.2, -0.15) is 5.10 Å². The average molecular weight is 376 g/mol. The van der Waals surface area contributed by atoms with Crippen molar-refractivity contribution < 1.29 is 4.74 Å². The number of benzene rings is 1. The van der Waals surface area contributed by atoms with E-state index in [0.717, 1.165) is 48.3 Å². The number of ether oxygens (including phenoxy) is 1. The largest absolute Gasteiger partial charge is 0.376 e. The lowest BCUT2D eigenvalue weighted by Crippen LogP contribution is -2.38. The van der Waals surface area contributed by atoms with Crippen LogP contribution in [0.25, 0.3) is 10.9 Å². The molecule has 0 spiro atoms. The molecule has 0 N–H and O–H groups in total. The standard InChI is InChI=1S/C22H24N4O2/c1-15-11-21(18-6-2-3-7-20(18)23-15)25-9-4-5-17(25)13-26-22(27)12-16-14-28-10-8-19(16)24-26/h2-3,6-7,11-12,17H,4-5,8-10,13-14H2,1H3. The van der Waals surface area contributed by atoms with Gasteiger partial charge in [-0.1, -0.05) is 18.2 Å². The maximum absolute atomic E-state index is 12.6. The normalized spacial score (nSPS) is 19.2. The third-order valence-corrected chi connectivity index (χ3v) is 5.80. The number of pyridine rings is 1. The molecule has 0 bridgehead atoms. The first-order valence-corrected chi connectivity index (χ1v) is 10.00. The van der Waals surface area contributed by atoms with E-state index in [1.807, 2.05) is 13.0 Å². The van der Waals surface area contributed by atoms with Gasteiger partial charge in [0.2, 0.25) is 0 Å². The second-order valence-corrected chi connectivity index (χ2v) is 7.73. The molecular weight excluding hydrogens is 352 g/mol. The van der Waals surface area contributed by atoms with Gasteiger partial charge in [-0.05, 0) is 31.9 Å². The summed E-state index contributed by atoms with van der Waals surface area (Å²) in [6.07, 6.45) is 2.95. The molecule has 2 aliphatic rings. The van der Waals surface area contributed by atoms with Gasteiger partial charge in [0.25, 0.3) is 5.56 Å². The molecule has 1 saturated heterocycles. The Morgan fingerprint density at radius 2 is 2.14 bits per heavy atom. The smallest absolute Gasteiger partial charge is 0.267 e. The molecule has 0 amide bonds. The maximum Gasteiger partial charge on any atom is 0.267 e. The first-order valence-electron chi connectivity index (χ1n) is 10.00. The quantitative estimate of drug-likeness (QED) is 0.703. The highest BCUT2D eigenvalue weighted by molar-refractivity contribution is 5.92. The van der Waals surface area contributed by atoms with Crippen molar-refractivity contribution in [2.24, 2.45) is 0 Å². The van der Waals surface area contributed by atoms with E-state index < -0.39 is 0 Å². The number of hydrogen-bond donors (Lipinski definition) is 0. The summed E-state index contributed by atoms with van der Waals surface area (Å²) in [4.78, 5) is 19.7. The Morgan fingerprint density at radius 1 is 1.25 bits per heavy atom. The van der Waals surface area contributed by atoms with Crippen molar-refractivity contribution in [1.82, 2.24) is 14.8 Å². The minimum atomic E-state index is -0.0353. The average Bonchev–Trinajstić information content (AvgIpc) is 3.16. The fraction of sp³-hybridized carbons (Fsp3) is 0.409. The van der Waals surface area contributed by atoms with Gasteiger partial charge < -0.3 is 9.64 Å². The van der Waals surface area contributed by atoms with Gasteiger partial charge in [0, 0.05) is 47.4 Å². The number of fused-ring (bicyclic) bond motifs is 2. The lowest BCUT2D eigenvalue weighted by atomic mass is 10.1. The van der Waals surface area contributed by atoms with Crippen LogP contribution in [0, 0.1) is 6.92 Å². The van der Waals surface area contributed by atoms with Crippen LogP contribution in [0.4, 0.5) is 5.69 Å². The summed E-state index contributed by atoms with van der Waals surface area (Å²) in [6, 6.07) is 12.4. The number of aromatic nitrogens is 3. The van der Waals surface area contributed by atoms with Crippen molar-refractivity contribution in [3.05, 3.63) is 63.7 Å². The Hall–Kier alpha value is -2.73. The number of aryl methyl sites for hydroxylation is 1. The molecular formula is C22H24N4O2. The van der Waals surface area contributed by atoms with Crippen molar-refractivity contribution in [2.75, 3.05) is 18.1 Å². The summed E-state index contributed by atoms with van der Waals surface area (Å²) in [6.45, 7) is 4.82. The van der Waals surface area contributed by atoms with Crippen LogP contribution in [0.1, 0.15) is 29.8 Å². The van der Waals surface area contributed by atoms with Crippen molar-refractivity contribution >= 4 is 16.6 Å². The molecule has 5 rings (SSSR count). The number of hydrogen-bond acceptors (Lipinski definition) is 5. The highest BCUT2D eigenvalue weighted by Gasteiger charge is 2.28. The zero-order valence-electron chi connectivity index (χ0n) is 16.1. The molecule has 0 saturated carbocycles. The fourth-order valence-electron chi connectivity index (χ4n) is 4.45. The topological polar surface area (TPSA) is 60.2 Å². The summed E-state index contributed by atoms with van der Waals surface area (Å²) in [5, 5.41) is 5.84. The molecule has 1 fully saturated rings. The molecule has 144 valence electrons. The van der Waals surface area contributed by atoms with E-state index in [1.54, 1.807) is 10.7 Å². The van der Waals surface area contributed by atoms with Crippen molar-refractivity contribution in [3.63, 3.8) is 0 Å². The highest BCUT2D eigenvalue weighted by atomic mass is 16.5. The third kappa shape index (κ3) is 3.07. The molecule has 28 heavy (non-hydrogen) atoms. The van der Waals surface area contributed by atoms with E-state index in [2.05, 4.69) is 39.2 Å². The minimum Gasteiger partial charge on any atom is -0.376 e. The van der Waals surface area contributed by atoms with Crippen LogP contribution in [-0.4, -0.2) is 34.0 Å². The van der Waals surface area contributed by atoms with E-state index in [-0.39, 0.29) is 11.6 Å². The SMILES string of the molecule is Cc1cc(N2CCCC2Cn2nc3c(cc2=O)COCC3)c2ccccc2n1. The molecule has 0 radical (unpaired) electrons. The Morgan fingerprint density at radius 3 is 3.07 bits per heavy atom. The van der Waals surface area contributed by atoms with Gasteiger partial charge >= 0.3 is 0 Å². The van der Waals surface area contributed by atoms with E-state index >= 15 is 0 Å². The Bertz CT molecular complexity index is 1090. The van der Waals surface area contributed by atoms with Crippen molar-refractivity contribution in [2.45, 2.75) is 45.4 Å². The van der Waals surface area contributed by atoms with Crippen LogP contribution in [0.2, 0.25) is 0 Å². The van der Waals surface area contributed by atoms with Gasteiger partial charge in [-0.3, -0.25) is 9.78 Å². The number of rotatable bonds is 3. The van der Waals surface area contributed by atoms with Crippen LogP contribution in [0.3, 0.4) is 0 Å². The first-order chi connectivity index (χ1) is 13.7. The lowest BCUT2D eigenvalue weighted by Gasteiger charge is -2.29. The van der Waals surface area contributed by atoms with Gasteiger partial charge in [0.15, 0.2) is 0 Å². The van der Waals surface area contributed by atoms with Crippen molar-refractivity contribution in [3.8, 4) is 0 Å². The Kier molecular flexibility index (Phi) is 4.36. The first kappa shape index (κ1) is 17.4. The van der Waals surface area contributed by atoms with Crippen LogP contribution < -0.4 is 10.5 Å². The Balaban J connectivity index is 1.50. The van der Waals surface area contributed by atoms with E-state index in [9.17, 15) is 4.79 Å². The van der Waals surface area contributed by atoms with Gasteiger partial charge in [0.1, 0.15) is 0 Å². The zero-order chi connectivity index (χ0) is 19.1. The van der Waals surface area contributed by atoms with Crippen LogP contribution in [0.5, 0.6) is 0 Å². The monoisotopic (exact) mass is 376 g/mol. The van der Waals surface area contributed by atoms with Crippen LogP contribution >= 0.6 is 0 Å². The fourth-order valence-corrected chi connectivity index (χ4v) is 4.45. The maximum atomic E-state index is 12.6. The van der Waals surface area contributed by atoms with E-state index in [4.69, 9.17) is 4.74 Å². The predicted octanol–water partition coefficient (Wildman–Crippen LogP) is 2.84. The molecule has 6 heteroatoms. The van der Waals surface area contributed by atoms with Gasteiger partial charge in [-0.25, -0.2) is 4.68 Å². The molecule has 2 aromatic heterocycles. The van der Waals surface area contributed by atoms with E-state index in [0.29, 0.717) is 19.8 Å². The number of nitrogens with zero attached hydrogens (tertiary/aromatic N) is 4. The van der Waals surface area contributed by atoms with E-state index in [1.165, 1.54) is 11.1 Å². The number of anilines is 1. The summed E-state index contributed by atoms with van der Waals surface area (Å²) in [7, 11) is 0. The van der Waals surface area contributed by atoms with Gasteiger partial charge in [0.05, 0.1) is 31.0 Å². The van der Waals surface area contributed by atoms with Crippen molar-refractivity contribution in [1.29, 1.82) is 0 Å². The van der Waals surface area contributed by atoms with Crippen LogP contribution in [-0.2, 0) is 24.3 Å². The third-order valence-electron chi connectivity index (χ3n) is 5.80.